The van der Waals surface area contributed by atoms with Crippen LogP contribution in [0.2, 0.25) is 5.02 Å². The number of benzene rings is 2. The van der Waals surface area contributed by atoms with Gasteiger partial charge in [-0.1, -0.05) is 35.9 Å². The summed E-state index contributed by atoms with van der Waals surface area (Å²) in [4.78, 5) is 12.6. The number of aromatic nitrogens is 2. The zero-order chi connectivity index (χ0) is 23.2. The van der Waals surface area contributed by atoms with Crippen LogP contribution in [0.25, 0.3) is 0 Å². The third kappa shape index (κ3) is 4.18. The molecule has 0 spiro atoms. The average Bonchev–Trinajstić information content (AvgIpc) is 3.43. The van der Waals surface area contributed by atoms with Gasteiger partial charge in [-0.2, -0.15) is 18.3 Å². The molecule has 2 atom stereocenters. The highest BCUT2D eigenvalue weighted by molar-refractivity contribution is 6.31. The third-order valence-electron chi connectivity index (χ3n) is 5.62. The molecule has 11 heteroatoms. The molecule has 172 valence electrons. The molecule has 3 aromatic rings. The standard InChI is InChI=1S/C22H18ClF3N4O3/c23-14-4-2-1-3-13(14)10-27-21(31)16-9-20-28-15(8-19(22(24,25)26)30(20)29-16)12-5-6-17-18(7-12)33-11-32-17/h1-7,9,15,19,28H,8,10-11H2,(H,27,31)/t15-,19-/m1/s1. The zero-order valence-electron chi connectivity index (χ0n) is 17.0. The highest BCUT2D eigenvalue weighted by Gasteiger charge is 2.47. The molecule has 2 aliphatic heterocycles. The van der Waals surface area contributed by atoms with Gasteiger partial charge in [-0.05, 0) is 29.3 Å². The van der Waals surface area contributed by atoms with Crippen molar-refractivity contribution < 1.29 is 27.4 Å². The van der Waals surface area contributed by atoms with Crippen LogP contribution in [0, 0.1) is 0 Å². The van der Waals surface area contributed by atoms with Gasteiger partial charge in [-0.25, -0.2) is 4.68 Å². The summed E-state index contributed by atoms with van der Waals surface area (Å²) in [6.45, 7) is 0.193. The molecule has 33 heavy (non-hydrogen) atoms. The lowest BCUT2D eigenvalue weighted by atomic mass is 9.96. The number of ether oxygens (including phenoxy) is 2. The first-order chi connectivity index (χ1) is 15.8. The highest BCUT2D eigenvalue weighted by atomic mass is 35.5. The van der Waals surface area contributed by atoms with Crippen LogP contribution in [0.4, 0.5) is 19.0 Å². The van der Waals surface area contributed by atoms with Crippen molar-refractivity contribution in [3.05, 3.63) is 70.4 Å². The van der Waals surface area contributed by atoms with Crippen molar-refractivity contribution in [2.75, 3.05) is 12.1 Å². The van der Waals surface area contributed by atoms with Crippen molar-refractivity contribution in [1.82, 2.24) is 15.1 Å². The fourth-order valence-corrected chi connectivity index (χ4v) is 4.14. The summed E-state index contributed by atoms with van der Waals surface area (Å²) in [6.07, 6.45) is -4.85. The number of alkyl halides is 3. The number of amides is 1. The summed E-state index contributed by atoms with van der Waals surface area (Å²) in [5.41, 5.74) is 1.18. The second kappa shape index (κ2) is 8.18. The Morgan fingerprint density at radius 2 is 1.97 bits per heavy atom. The number of carbonyl (C=O) groups excluding carboxylic acids is 1. The topological polar surface area (TPSA) is 77.4 Å². The highest BCUT2D eigenvalue weighted by Crippen LogP contribution is 2.45. The van der Waals surface area contributed by atoms with E-state index in [2.05, 4.69) is 15.7 Å². The van der Waals surface area contributed by atoms with Crippen LogP contribution in [0.5, 0.6) is 11.5 Å². The minimum atomic E-state index is -4.55. The number of fused-ring (bicyclic) bond motifs is 2. The predicted octanol–water partition coefficient (Wildman–Crippen LogP) is 4.86. The van der Waals surface area contributed by atoms with Crippen LogP contribution in [-0.4, -0.2) is 28.7 Å². The summed E-state index contributed by atoms with van der Waals surface area (Å²) in [6, 6.07) is 10.8. The molecule has 5 rings (SSSR count). The smallest absolute Gasteiger partial charge is 0.410 e. The number of nitrogens with one attached hydrogen (secondary N) is 2. The van der Waals surface area contributed by atoms with Crippen molar-refractivity contribution >= 4 is 23.3 Å². The van der Waals surface area contributed by atoms with Gasteiger partial charge >= 0.3 is 6.18 Å². The Labute approximate surface area is 191 Å². The Hall–Kier alpha value is -3.40. The van der Waals surface area contributed by atoms with E-state index in [-0.39, 0.29) is 31.3 Å². The minimum absolute atomic E-state index is 0.0709. The third-order valence-corrected chi connectivity index (χ3v) is 5.99. The number of anilines is 1. The Kier molecular flexibility index (Phi) is 5.32. The van der Waals surface area contributed by atoms with Crippen molar-refractivity contribution in [3.8, 4) is 11.5 Å². The predicted molar refractivity (Wildman–Crippen MR) is 113 cm³/mol. The van der Waals surface area contributed by atoms with Crippen molar-refractivity contribution in [3.63, 3.8) is 0 Å². The molecule has 2 N–H and O–H groups in total. The maximum atomic E-state index is 13.9. The average molecular weight is 479 g/mol. The number of rotatable bonds is 4. The van der Waals surface area contributed by atoms with E-state index in [1.165, 1.54) is 6.07 Å². The second-order valence-corrected chi connectivity index (χ2v) is 8.14. The van der Waals surface area contributed by atoms with Gasteiger partial charge in [0.15, 0.2) is 23.2 Å². The van der Waals surface area contributed by atoms with Crippen LogP contribution in [0.15, 0.2) is 48.5 Å². The van der Waals surface area contributed by atoms with Gasteiger partial charge < -0.3 is 20.1 Å². The van der Waals surface area contributed by atoms with Crippen molar-refractivity contribution in [2.45, 2.75) is 31.2 Å². The van der Waals surface area contributed by atoms with Gasteiger partial charge in [0, 0.05) is 24.1 Å². The maximum absolute atomic E-state index is 13.9. The molecular formula is C22H18ClF3N4O3. The lowest BCUT2D eigenvalue weighted by Gasteiger charge is -2.33. The molecule has 0 fully saturated rings. The van der Waals surface area contributed by atoms with E-state index < -0.39 is 24.2 Å². The Morgan fingerprint density at radius 3 is 2.76 bits per heavy atom. The number of halogens is 4. The molecule has 0 saturated heterocycles. The van der Waals surface area contributed by atoms with Crippen LogP contribution < -0.4 is 20.1 Å². The van der Waals surface area contributed by atoms with Gasteiger partial charge in [0.1, 0.15) is 5.82 Å². The summed E-state index contributed by atoms with van der Waals surface area (Å²) < 4.78 is 53.2. The zero-order valence-corrected chi connectivity index (χ0v) is 17.8. The normalized spacial score (nSPS) is 19.0. The van der Waals surface area contributed by atoms with Gasteiger partial charge in [0.2, 0.25) is 6.79 Å². The van der Waals surface area contributed by atoms with Gasteiger partial charge in [-0.3, -0.25) is 4.79 Å². The Bertz CT molecular complexity index is 1210. The van der Waals surface area contributed by atoms with E-state index in [0.717, 1.165) is 4.68 Å². The molecule has 0 radical (unpaired) electrons. The van der Waals surface area contributed by atoms with Crippen LogP contribution >= 0.6 is 11.6 Å². The molecule has 7 nitrogen and oxygen atoms in total. The molecule has 0 bridgehead atoms. The van der Waals surface area contributed by atoms with E-state index in [1.807, 2.05) is 0 Å². The lowest BCUT2D eigenvalue weighted by molar-refractivity contribution is -0.173. The second-order valence-electron chi connectivity index (χ2n) is 7.74. The fraction of sp³-hybridized carbons (Fsp3) is 0.273. The van der Waals surface area contributed by atoms with E-state index in [0.29, 0.717) is 27.6 Å². The Morgan fingerprint density at radius 1 is 1.18 bits per heavy atom. The molecule has 2 aliphatic rings. The summed E-state index contributed by atoms with van der Waals surface area (Å²) in [5.74, 6) is 0.536. The fourth-order valence-electron chi connectivity index (χ4n) is 3.94. The summed E-state index contributed by atoms with van der Waals surface area (Å²) in [7, 11) is 0. The largest absolute Gasteiger partial charge is 0.454 e. The number of carbonyl (C=O) groups is 1. The van der Waals surface area contributed by atoms with Crippen LogP contribution in [-0.2, 0) is 6.54 Å². The van der Waals surface area contributed by atoms with Crippen molar-refractivity contribution in [1.29, 1.82) is 0 Å². The van der Waals surface area contributed by atoms with E-state index in [9.17, 15) is 18.0 Å². The Balaban J connectivity index is 1.40. The summed E-state index contributed by atoms with van der Waals surface area (Å²) >= 11 is 6.09. The first kappa shape index (κ1) is 21.4. The molecule has 1 amide bonds. The number of nitrogens with zero attached hydrogens (tertiary/aromatic N) is 2. The lowest BCUT2D eigenvalue weighted by Crippen LogP contribution is -2.35. The van der Waals surface area contributed by atoms with E-state index in [4.69, 9.17) is 21.1 Å². The number of hydrogen-bond acceptors (Lipinski definition) is 5. The molecule has 0 unspecified atom stereocenters. The molecular weight excluding hydrogens is 461 g/mol. The number of hydrogen-bond donors (Lipinski definition) is 2. The summed E-state index contributed by atoms with van der Waals surface area (Å²) in [5, 5.41) is 10.2. The first-order valence-corrected chi connectivity index (χ1v) is 10.5. The molecule has 1 aromatic heterocycles. The van der Waals surface area contributed by atoms with Crippen LogP contribution in [0.3, 0.4) is 0 Å². The maximum Gasteiger partial charge on any atom is 0.410 e. The van der Waals surface area contributed by atoms with E-state index >= 15 is 0 Å². The minimum Gasteiger partial charge on any atom is -0.454 e. The quantitative estimate of drug-likeness (QED) is 0.560. The molecule has 2 aromatic carbocycles. The first-order valence-electron chi connectivity index (χ1n) is 10.1. The van der Waals surface area contributed by atoms with Gasteiger partial charge in [-0.15, -0.1) is 0 Å². The van der Waals surface area contributed by atoms with Crippen LogP contribution in [0.1, 0.15) is 40.1 Å². The van der Waals surface area contributed by atoms with Crippen molar-refractivity contribution in [2.24, 2.45) is 0 Å². The van der Waals surface area contributed by atoms with Gasteiger partial charge in [0.05, 0.1) is 6.04 Å². The molecule has 0 saturated carbocycles. The molecule has 3 heterocycles. The SMILES string of the molecule is O=C(NCc1ccccc1Cl)c1cc2n(n1)[C@@H](C(F)(F)F)C[C@H](c1ccc3c(c1)OCO3)N2. The monoisotopic (exact) mass is 478 g/mol. The molecule has 0 aliphatic carbocycles. The van der Waals surface area contributed by atoms with Gasteiger partial charge in [0.25, 0.3) is 5.91 Å². The van der Waals surface area contributed by atoms with E-state index in [1.54, 1.807) is 42.5 Å².